The molecule has 0 fully saturated rings. The Hall–Kier alpha value is -2.54. The number of amides is 2. The van der Waals surface area contributed by atoms with Crippen molar-refractivity contribution in [1.29, 1.82) is 0 Å². The van der Waals surface area contributed by atoms with E-state index in [1.807, 2.05) is 56.1 Å². The molecular weight excluding hydrogens is 330 g/mol. The van der Waals surface area contributed by atoms with Gasteiger partial charge in [0.05, 0.1) is 23.8 Å². The average molecular weight is 357 g/mol. The summed E-state index contributed by atoms with van der Waals surface area (Å²) in [7, 11) is 1.83. The zero-order chi connectivity index (χ0) is 18.7. The number of aliphatic hydroxyl groups is 1. The zero-order valence-corrected chi connectivity index (χ0v) is 15.5. The van der Waals surface area contributed by atoms with Crippen molar-refractivity contribution >= 4 is 11.8 Å². The third-order valence-electron chi connectivity index (χ3n) is 5.10. The zero-order valence-electron chi connectivity index (χ0n) is 15.5. The van der Waals surface area contributed by atoms with Crippen molar-refractivity contribution in [2.24, 2.45) is 0 Å². The van der Waals surface area contributed by atoms with Crippen LogP contribution in [-0.2, 0) is 12.1 Å². The van der Waals surface area contributed by atoms with Gasteiger partial charge in [-0.3, -0.25) is 5.10 Å². The van der Waals surface area contributed by atoms with E-state index in [1.54, 1.807) is 0 Å². The maximum Gasteiger partial charge on any atom is 0.318 e. The molecule has 0 bridgehead atoms. The van der Waals surface area contributed by atoms with E-state index in [4.69, 9.17) is 0 Å². The number of carbonyl (C=O) groups is 1. The van der Waals surface area contributed by atoms with Gasteiger partial charge in [0.25, 0.3) is 0 Å². The Morgan fingerprint density at radius 1 is 1.38 bits per heavy atom. The molecule has 2 aromatic rings. The van der Waals surface area contributed by atoms with Crippen LogP contribution >= 0.6 is 0 Å². The molecule has 26 heavy (non-hydrogen) atoms. The van der Waals surface area contributed by atoms with Crippen LogP contribution < -0.4 is 10.6 Å². The quantitative estimate of drug-likeness (QED) is 0.639. The Labute approximate surface area is 153 Å². The van der Waals surface area contributed by atoms with Gasteiger partial charge < -0.3 is 20.6 Å². The average Bonchev–Trinajstić information content (AvgIpc) is 3.17. The molecule has 7 heteroatoms. The number of hydrogen-bond acceptors (Lipinski definition) is 4. The SMILES string of the molecule is CNc1n[nH]c2c1CN(C(=O)NC(CCCO)c1ccccc1)C2(C)C. The minimum absolute atomic E-state index is 0.107. The van der Waals surface area contributed by atoms with Gasteiger partial charge in [0, 0.05) is 19.2 Å². The standard InChI is InChI=1S/C19H27N5O2/c1-19(2)16-14(17(20-3)23-22-16)12-24(19)18(26)21-15(10-7-11-25)13-8-5-4-6-9-13/h4-6,8-9,15,25H,7,10-12H2,1-3H3,(H,21,26)(H2,20,22,23). The van der Waals surface area contributed by atoms with Crippen molar-refractivity contribution in [1.82, 2.24) is 20.4 Å². The molecule has 1 aliphatic rings. The first-order chi connectivity index (χ1) is 12.5. The van der Waals surface area contributed by atoms with Crippen LogP contribution in [0.15, 0.2) is 30.3 Å². The number of anilines is 1. The molecular formula is C19H27N5O2. The molecule has 3 rings (SSSR count). The van der Waals surface area contributed by atoms with Crippen LogP contribution in [0.3, 0.4) is 0 Å². The first-order valence-corrected chi connectivity index (χ1v) is 8.98. The molecule has 1 aromatic heterocycles. The highest BCUT2D eigenvalue weighted by Gasteiger charge is 2.43. The molecule has 2 amide bonds. The van der Waals surface area contributed by atoms with Crippen molar-refractivity contribution in [3.63, 3.8) is 0 Å². The molecule has 1 aliphatic heterocycles. The summed E-state index contributed by atoms with van der Waals surface area (Å²) in [6, 6.07) is 9.63. The van der Waals surface area contributed by atoms with Crippen molar-refractivity contribution in [2.75, 3.05) is 19.0 Å². The smallest absolute Gasteiger partial charge is 0.318 e. The molecule has 0 radical (unpaired) electrons. The molecule has 1 aromatic carbocycles. The van der Waals surface area contributed by atoms with Crippen molar-refractivity contribution in [3.8, 4) is 0 Å². The Kier molecular flexibility index (Phi) is 5.18. The second-order valence-corrected chi connectivity index (χ2v) is 7.10. The number of fused-ring (bicyclic) bond motifs is 1. The molecule has 140 valence electrons. The van der Waals surface area contributed by atoms with E-state index in [9.17, 15) is 9.90 Å². The van der Waals surface area contributed by atoms with Crippen molar-refractivity contribution < 1.29 is 9.90 Å². The minimum atomic E-state index is -0.472. The number of nitrogens with one attached hydrogen (secondary N) is 3. The fourth-order valence-electron chi connectivity index (χ4n) is 3.58. The molecule has 2 heterocycles. The second-order valence-electron chi connectivity index (χ2n) is 7.10. The summed E-state index contributed by atoms with van der Waals surface area (Å²) in [5.74, 6) is 0.781. The molecule has 1 atom stereocenters. The van der Waals surface area contributed by atoms with E-state index < -0.39 is 5.54 Å². The summed E-state index contributed by atoms with van der Waals surface area (Å²) in [5.41, 5.74) is 2.56. The Morgan fingerprint density at radius 3 is 2.77 bits per heavy atom. The van der Waals surface area contributed by atoms with Crippen LogP contribution in [0.5, 0.6) is 0 Å². The number of urea groups is 1. The van der Waals surface area contributed by atoms with Crippen LogP contribution in [0, 0.1) is 0 Å². The summed E-state index contributed by atoms with van der Waals surface area (Å²) in [6.45, 7) is 4.64. The van der Waals surface area contributed by atoms with E-state index in [0.717, 1.165) is 22.6 Å². The number of aromatic amines is 1. The molecule has 7 nitrogen and oxygen atoms in total. The molecule has 0 saturated heterocycles. The fraction of sp³-hybridized carbons (Fsp3) is 0.474. The number of nitrogens with zero attached hydrogens (tertiary/aromatic N) is 2. The summed E-state index contributed by atoms with van der Waals surface area (Å²) in [5, 5.41) is 22.8. The summed E-state index contributed by atoms with van der Waals surface area (Å²) >= 11 is 0. The molecule has 0 spiro atoms. The lowest BCUT2D eigenvalue weighted by Crippen LogP contribution is -2.47. The van der Waals surface area contributed by atoms with Gasteiger partial charge in [-0.1, -0.05) is 30.3 Å². The van der Waals surface area contributed by atoms with E-state index in [0.29, 0.717) is 19.4 Å². The lowest BCUT2D eigenvalue weighted by molar-refractivity contribution is 0.138. The normalized spacial score (nSPS) is 16.2. The van der Waals surface area contributed by atoms with Crippen LogP contribution in [0.4, 0.5) is 10.6 Å². The minimum Gasteiger partial charge on any atom is -0.396 e. The van der Waals surface area contributed by atoms with Gasteiger partial charge in [-0.05, 0) is 32.3 Å². The Morgan fingerprint density at radius 2 is 2.12 bits per heavy atom. The monoisotopic (exact) mass is 357 g/mol. The van der Waals surface area contributed by atoms with Gasteiger partial charge in [-0.2, -0.15) is 5.10 Å². The highest BCUT2D eigenvalue weighted by Crippen LogP contribution is 2.40. The third-order valence-corrected chi connectivity index (χ3v) is 5.10. The fourth-order valence-corrected chi connectivity index (χ4v) is 3.58. The van der Waals surface area contributed by atoms with Crippen LogP contribution in [-0.4, -0.2) is 39.9 Å². The lowest BCUT2D eigenvalue weighted by Gasteiger charge is -2.33. The predicted molar refractivity (Wildman–Crippen MR) is 101 cm³/mol. The van der Waals surface area contributed by atoms with Gasteiger partial charge in [0.2, 0.25) is 0 Å². The molecule has 1 unspecified atom stereocenters. The van der Waals surface area contributed by atoms with E-state index in [-0.39, 0.29) is 18.7 Å². The maximum absolute atomic E-state index is 13.1. The van der Waals surface area contributed by atoms with Gasteiger partial charge in [0.15, 0.2) is 5.82 Å². The number of H-pyrrole nitrogens is 1. The van der Waals surface area contributed by atoms with Gasteiger partial charge in [0.1, 0.15) is 0 Å². The van der Waals surface area contributed by atoms with E-state index in [2.05, 4.69) is 20.8 Å². The number of rotatable bonds is 6. The first kappa shape index (κ1) is 18.3. The Bertz CT molecular complexity index is 757. The van der Waals surface area contributed by atoms with Gasteiger partial charge in [-0.15, -0.1) is 0 Å². The van der Waals surface area contributed by atoms with Crippen LogP contribution in [0.2, 0.25) is 0 Å². The van der Waals surface area contributed by atoms with Crippen LogP contribution in [0.25, 0.3) is 0 Å². The van der Waals surface area contributed by atoms with E-state index in [1.165, 1.54) is 0 Å². The van der Waals surface area contributed by atoms with E-state index >= 15 is 0 Å². The van der Waals surface area contributed by atoms with Crippen molar-refractivity contribution in [3.05, 3.63) is 47.2 Å². The number of benzene rings is 1. The highest BCUT2D eigenvalue weighted by atomic mass is 16.3. The summed E-state index contributed by atoms with van der Waals surface area (Å²) < 4.78 is 0. The number of carbonyl (C=O) groups excluding carboxylic acids is 1. The Balaban J connectivity index is 1.79. The number of aliphatic hydroxyl groups excluding tert-OH is 1. The summed E-state index contributed by atoms with van der Waals surface area (Å²) in [4.78, 5) is 14.9. The van der Waals surface area contributed by atoms with Gasteiger partial charge in [-0.25, -0.2) is 4.79 Å². The molecule has 0 saturated carbocycles. The van der Waals surface area contributed by atoms with Gasteiger partial charge >= 0.3 is 6.03 Å². The summed E-state index contributed by atoms with van der Waals surface area (Å²) in [6.07, 6.45) is 1.32. The largest absolute Gasteiger partial charge is 0.396 e. The topological polar surface area (TPSA) is 93.3 Å². The third kappa shape index (κ3) is 3.26. The van der Waals surface area contributed by atoms with Crippen LogP contribution in [0.1, 0.15) is 49.6 Å². The second kappa shape index (κ2) is 7.37. The molecule has 0 aliphatic carbocycles. The molecule has 4 N–H and O–H groups in total. The maximum atomic E-state index is 13.1. The predicted octanol–water partition coefficient (Wildman–Crippen LogP) is 2.73. The lowest BCUT2D eigenvalue weighted by atomic mass is 10.0. The number of hydrogen-bond donors (Lipinski definition) is 4. The first-order valence-electron chi connectivity index (χ1n) is 8.98. The number of aromatic nitrogens is 2. The highest BCUT2D eigenvalue weighted by molar-refractivity contribution is 5.77. The van der Waals surface area contributed by atoms with Crippen molar-refractivity contribution in [2.45, 2.75) is 44.8 Å².